The van der Waals surface area contributed by atoms with Crippen LogP contribution in [0.5, 0.6) is 5.75 Å². The Morgan fingerprint density at radius 3 is 1.65 bits per heavy atom. The number of aliphatic hydroxyl groups excluding tert-OH is 2. The first-order valence-electron chi connectivity index (χ1n) is 22.0. The zero-order valence-corrected chi connectivity index (χ0v) is 37.8. The van der Waals surface area contributed by atoms with E-state index in [1.54, 1.807) is 38.1 Å². The number of hydrogen-bond donors (Lipinski definition) is 3. The van der Waals surface area contributed by atoms with Gasteiger partial charge >= 0.3 is 11.9 Å². The number of carbonyl (C=O) groups is 4. The molecule has 11 nitrogen and oxygen atoms in total. The van der Waals surface area contributed by atoms with Crippen LogP contribution in [0.25, 0.3) is 34.4 Å². The number of carbonyl (C=O) groups excluding carboxylic acids is 4. The van der Waals surface area contributed by atoms with Crippen molar-refractivity contribution in [3.05, 3.63) is 149 Å². The van der Waals surface area contributed by atoms with E-state index in [1.165, 1.54) is 24.3 Å². The van der Waals surface area contributed by atoms with Crippen molar-refractivity contribution in [3.8, 4) is 28.0 Å². The first kappa shape index (κ1) is 48.2. The van der Waals surface area contributed by atoms with E-state index in [9.17, 15) is 34.5 Å². The maximum atomic E-state index is 13.4. The summed E-state index contributed by atoms with van der Waals surface area (Å²) in [5.41, 5.74) is 6.12. The molecule has 0 saturated carbocycles. The molecule has 3 heterocycles. The maximum Gasteiger partial charge on any atom is 0.342 e. The molecular weight excluding hydrogens is 825 g/mol. The minimum Gasteiger partial charge on any atom is -0.507 e. The number of aromatic hydroxyl groups is 1. The molecule has 3 N–H and O–H groups in total. The highest BCUT2D eigenvalue weighted by Crippen LogP contribution is 2.36. The Labute approximate surface area is 380 Å². The minimum absolute atomic E-state index is 0.0174. The van der Waals surface area contributed by atoms with Crippen LogP contribution in [0.15, 0.2) is 121 Å². The molecule has 8 atom stereocenters. The lowest BCUT2D eigenvalue weighted by Crippen LogP contribution is -2.32. The summed E-state index contributed by atoms with van der Waals surface area (Å²) in [7, 11) is 0. The summed E-state index contributed by atoms with van der Waals surface area (Å²) in [5, 5.41) is 30.8. The number of rotatable bonds is 2. The normalized spacial score (nSPS) is 27.5. The molecule has 65 heavy (non-hydrogen) atoms. The number of phenols is 1. The number of esters is 2. The van der Waals surface area contributed by atoms with Gasteiger partial charge in [-0.2, -0.15) is 0 Å². The fraction of sp³-hybridized carbons (Fsp3) is 0.333. The predicted octanol–water partition coefficient (Wildman–Crippen LogP) is 9.41. The third-order valence-electron chi connectivity index (χ3n) is 11.9. The van der Waals surface area contributed by atoms with Gasteiger partial charge in [0.25, 0.3) is 0 Å². The van der Waals surface area contributed by atoms with Gasteiger partial charge in [-0.05, 0) is 99.1 Å². The van der Waals surface area contributed by atoms with Gasteiger partial charge in [-0.1, -0.05) is 129 Å². The average molecular weight is 883 g/mol. The van der Waals surface area contributed by atoms with Crippen molar-refractivity contribution in [1.29, 1.82) is 0 Å². The van der Waals surface area contributed by atoms with Crippen LogP contribution in [0.4, 0.5) is 0 Å². The van der Waals surface area contributed by atoms with Crippen LogP contribution in [0.1, 0.15) is 91.8 Å². The Morgan fingerprint density at radius 1 is 0.585 bits per heavy atom. The van der Waals surface area contributed by atoms with E-state index in [1.807, 2.05) is 120 Å². The summed E-state index contributed by atoms with van der Waals surface area (Å²) in [6.45, 7) is 12.8. The summed E-state index contributed by atoms with van der Waals surface area (Å²) in [6, 6.07) is 26.5. The van der Waals surface area contributed by atoms with Crippen LogP contribution >= 0.6 is 0 Å². The summed E-state index contributed by atoms with van der Waals surface area (Å²) >= 11 is 0. The standard InChI is InChI=1S/C29H32O5.C25H26O6/c1-18-15-17-24(30)27-25(33-29(4,5)34-27)13-9-12-23-22(21-10-7-6-8-11-21)16-14-19(2)26(23)28(31)32-20(18)3;1-15-11-13-22(28)24(29)21(27)10-6-9-19-18(17-7-4-3-5-8-17)12-14-20(26)23(19)25(30)31-16(15)2/h6-12,14-18,20,25,27H,13H2,1-5H3;3-9,11-16,21,24,26-27,29H,10H2,1-2H3/b12-9?,17-15-;9-6+,13-11-/t18-,20+,25+,27-;15-,16+,21+,24+/m11/s1. The molecule has 0 amide bonds. The van der Waals surface area contributed by atoms with E-state index in [2.05, 4.69) is 0 Å². The highest BCUT2D eigenvalue weighted by Gasteiger charge is 2.43. The van der Waals surface area contributed by atoms with Crippen LogP contribution in [0.2, 0.25) is 0 Å². The lowest BCUT2D eigenvalue weighted by atomic mass is 9.91. The van der Waals surface area contributed by atoms with E-state index in [-0.39, 0.29) is 41.3 Å². The van der Waals surface area contributed by atoms with Crippen LogP contribution in [0.3, 0.4) is 0 Å². The van der Waals surface area contributed by atoms with Gasteiger partial charge in [0.2, 0.25) is 0 Å². The SMILES string of the molecule is C[C@@H]1/C=C\C(=O)[C@@H](O)[C@@H](O)C/C=C/c2c(-c3ccccc3)ccc(O)c2C(=O)O[C@H]1C.Cc1ccc(-c2ccccc2)c2c1C(=O)O[C@@H](C)[C@H](C)/C=C\C(=O)[C@H]1OC(C)(C)O[C@H]1CC=C2. The smallest absolute Gasteiger partial charge is 0.342 e. The number of fused-ring (bicyclic) bond motifs is 3. The lowest BCUT2D eigenvalue weighted by molar-refractivity contribution is -0.152. The molecule has 7 rings (SSSR count). The second-order valence-electron chi connectivity index (χ2n) is 17.2. The van der Waals surface area contributed by atoms with Gasteiger partial charge in [0.1, 0.15) is 35.7 Å². The van der Waals surface area contributed by atoms with Gasteiger partial charge in [-0.15, -0.1) is 0 Å². The van der Waals surface area contributed by atoms with Crippen molar-refractivity contribution in [2.24, 2.45) is 11.8 Å². The van der Waals surface area contributed by atoms with Crippen LogP contribution in [0, 0.1) is 18.8 Å². The lowest BCUT2D eigenvalue weighted by Gasteiger charge is -2.21. The number of ether oxygens (including phenoxy) is 4. The molecule has 0 unspecified atom stereocenters. The summed E-state index contributed by atoms with van der Waals surface area (Å²) in [4.78, 5) is 51.5. The molecule has 0 radical (unpaired) electrons. The van der Waals surface area contributed by atoms with E-state index >= 15 is 0 Å². The highest BCUT2D eigenvalue weighted by atomic mass is 16.8. The molecule has 340 valence electrons. The monoisotopic (exact) mass is 882 g/mol. The Kier molecular flexibility index (Phi) is 15.7. The van der Waals surface area contributed by atoms with E-state index in [4.69, 9.17) is 18.9 Å². The van der Waals surface area contributed by atoms with Crippen molar-refractivity contribution in [2.45, 2.75) is 104 Å². The molecule has 3 aliphatic heterocycles. The fourth-order valence-electron chi connectivity index (χ4n) is 7.79. The van der Waals surface area contributed by atoms with Crippen molar-refractivity contribution in [2.75, 3.05) is 0 Å². The van der Waals surface area contributed by atoms with Crippen molar-refractivity contribution < 1.29 is 53.4 Å². The molecule has 3 aliphatic rings. The molecule has 0 bridgehead atoms. The number of phenolic OH excluding ortho intramolecular Hbond substituents is 1. The van der Waals surface area contributed by atoms with E-state index in [0.717, 1.165) is 27.8 Å². The Morgan fingerprint density at radius 2 is 1.08 bits per heavy atom. The van der Waals surface area contributed by atoms with Gasteiger partial charge in [-0.25, -0.2) is 9.59 Å². The van der Waals surface area contributed by atoms with Crippen molar-refractivity contribution in [3.63, 3.8) is 0 Å². The van der Waals surface area contributed by atoms with E-state index < -0.39 is 54.2 Å². The molecule has 0 spiro atoms. The van der Waals surface area contributed by atoms with Crippen molar-refractivity contribution in [1.82, 2.24) is 0 Å². The number of benzene rings is 4. The molecule has 1 fully saturated rings. The zero-order valence-electron chi connectivity index (χ0n) is 37.8. The van der Waals surface area contributed by atoms with Gasteiger partial charge in [0.15, 0.2) is 17.4 Å². The Balaban J connectivity index is 0.000000216. The number of aliphatic hydroxyl groups is 2. The fourth-order valence-corrected chi connectivity index (χ4v) is 7.79. The van der Waals surface area contributed by atoms with Crippen molar-refractivity contribution >= 4 is 35.7 Å². The van der Waals surface area contributed by atoms with Gasteiger partial charge < -0.3 is 34.3 Å². The molecule has 1 saturated heterocycles. The predicted molar refractivity (Wildman–Crippen MR) is 250 cm³/mol. The van der Waals surface area contributed by atoms with Crippen LogP contribution in [-0.4, -0.2) is 81.2 Å². The third kappa shape index (κ3) is 11.7. The first-order valence-corrected chi connectivity index (χ1v) is 22.0. The molecule has 0 aliphatic carbocycles. The highest BCUT2D eigenvalue weighted by molar-refractivity contribution is 6.01. The molecule has 4 aromatic rings. The number of cyclic esters (lactones) is 2. The average Bonchev–Trinajstić information content (AvgIpc) is 3.60. The molecule has 11 heteroatoms. The first-order chi connectivity index (χ1) is 31.0. The minimum atomic E-state index is -1.56. The molecule has 0 aromatic heterocycles. The number of hydrogen-bond acceptors (Lipinski definition) is 11. The van der Waals surface area contributed by atoms with Gasteiger partial charge in [0.05, 0.1) is 17.8 Å². The maximum absolute atomic E-state index is 13.4. The Bertz CT molecular complexity index is 2480. The van der Waals surface area contributed by atoms with Gasteiger partial charge in [-0.3, -0.25) is 9.59 Å². The second kappa shape index (κ2) is 21.2. The molecule has 4 aromatic carbocycles. The number of aryl methyl sites for hydroxylation is 1. The largest absolute Gasteiger partial charge is 0.507 e. The Hall–Kier alpha value is -6.24. The quantitative estimate of drug-likeness (QED) is 0.164. The zero-order chi connectivity index (χ0) is 47.0. The van der Waals surface area contributed by atoms with E-state index in [0.29, 0.717) is 23.1 Å². The second-order valence-corrected chi connectivity index (χ2v) is 17.2. The topological polar surface area (TPSA) is 166 Å². The summed E-state index contributed by atoms with van der Waals surface area (Å²) < 4.78 is 23.5. The third-order valence-corrected chi connectivity index (χ3v) is 11.9. The summed E-state index contributed by atoms with van der Waals surface area (Å²) in [6.07, 6.45) is 8.53. The number of ketones is 2. The molecular formula is C54H58O11. The van der Waals surface area contributed by atoms with Crippen LogP contribution in [-0.2, 0) is 28.5 Å². The van der Waals surface area contributed by atoms with Gasteiger partial charge in [0, 0.05) is 17.4 Å². The van der Waals surface area contributed by atoms with Crippen LogP contribution < -0.4 is 0 Å². The summed E-state index contributed by atoms with van der Waals surface area (Å²) in [5.74, 6) is -3.37.